The van der Waals surface area contributed by atoms with Gasteiger partial charge >= 0.3 is 12.1 Å². The molecule has 0 aliphatic rings. The quantitative estimate of drug-likeness (QED) is 0.210. The van der Waals surface area contributed by atoms with Crippen molar-refractivity contribution >= 4 is 22.6 Å². The Labute approximate surface area is 228 Å². The summed E-state index contributed by atoms with van der Waals surface area (Å²) in [5, 5.41) is 28.0. The van der Waals surface area contributed by atoms with Crippen LogP contribution in [0, 0.1) is 12.7 Å². The van der Waals surface area contributed by atoms with Crippen LogP contribution in [0.3, 0.4) is 0 Å². The number of fused-ring (bicyclic) bond motifs is 1. The first-order valence-electron chi connectivity index (χ1n) is 12.3. The summed E-state index contributed by atoms with van der Waals surface area (Å²) >= 11 is 0. The number of aromatic carboxylic acids is 1. The number of rotatable bonds is 9. The van der Waals surface area contributed by atoms with Crippen LogP contribution in [0.2, 0.25) is 0 Å². The van der Waals surface area contributed by atoms with Crippen molar-refractivity contribution in [3.8, 4) is 11.4 Å². The lowest BCUT2D eigenvalue weighted by molar-refractivity contribution is -0.260. The van der Waals surface area contributed by atoms with Crippen molar-refractivity contribution in [3.63, 3.8) is 0 Å². The molecule has 3 N–H and O–H groups in total. The van der Waals surface area contributed by atoms with Gasteiger partial charge in [0.1, 0.15) is 11.6 Å². The third-order valence-electron chi connectivity index (χ3n) is 6.89. The highest BCUT2D eigenvalue weighted by molar-refractivity contribution is 5.93. The highest BCUT2D eigenvalue weighted by atomic mass is 19.4. The topological polar surface area (TPSA) is 96.6 Å². The molecule has 0 radical (unpaired) electrons. The number of hydrogen-bond donors (Lipinski definition) is 3. The maximum Gasteiger partial charge on any atom is 0.418 e. The zero-order chi connectivity index (χ0) is 29.5. The summed E-state index contributed by atoms with van der Waals surface area (Å²) in [4.78, 5) is 11.4. The average Bonchev–Trinajstić information content (AvgIpc) is 3.30. The molecule has 0 unspecified atom stereocenters. The van der Waals surface area contributed by atoms with Gasteiger partial charge in [0.25, 0.3) is 0 Å². The predicted octanol–water partition coefficient (Wildman–Crippen LogP) is 6.25. The maximum absolute atomic E-state index is 14.4. The molecule has 4 aromatic rings. The molecule has 0 saturated carbocycles. The molecule has 7 nitrogen and oxygen atoms in total. The van der Waals surface area contributed by atoms with E-state index < -0.39 is 41.9 Å². The summed E-state index contributed by atoms with van der Waals surface area (Å²) in [5.41, 5.74) is -2.28. The Bertz CT molecular complexity index is 1560. The van der Waals surface area contributed by atoms with Gasteiger partial charge in [-0.2, -0.15) is 18.3 Å². The van der Waals surface area contributed by atoms with Crippen molar-refractivity contribution in [2.24, 2.45) is 0 Å². The summed E-state index contributed by atoms with van der Waals surface area (Å²) in [7, 11) is 1.34. The van der Waals surface area contributed by atoms with Crippen molar-refractivity contribution in [1.82, 2.24) is 9.78 Å². The first-order valence-corrected chi connectivity index (χ1v) is 12.3. The van der Waals surface area contributed by atoms with Crippen LogP contribution in [0.4, 0.5) is 23.2 Å². The molecule has 0 aliphatic carbocycles. The van der Waals surface area contributed by atoms with E-state index in [1.54, 1.807) is 31.2 Å². The van der Waals surface area contributed by atoms with E-state index in [2.05, 4.69) is 10.4 Å². The van der Waals surface area contributed by atoms with Gasteiger partial charge in [-0.05, 0) is 72.9 Å². The Morgan fingerprint density at radius 3 is 2.48 bits per heavy atom. The number of aromatic nitrogens is 2. The summed E-state index contributed by atoms with van der Waals surface area (Å²) in [6.45, 7) is 3.84. The number of aryl methyl sites for hydroxylation is 1. The number of nitrogens with one attached hydrogen (secondary N) is 1. The molecule has 40 heavy (non-hydrogen) atoms. The maximum atomic E-state index is 14.4. The Hall–Kier alpha value is -4.12. The number of hydrogen-bond acceptors (Lipinski definition) is 5. The number of anilines is 1. The van der Waals surface area contributed by atoms with Gasteiger partial charge in [0.05, 0.1) is 36.6 Å². The zero-order valence-electron chi connectivity index (χ0n) is 22.3. The molecule has 212 valence electrons. The van der Waals surface area contributed by atoms with E-state index in [0.29, 0.717) is 27.8 Å². The molecule has 0 fully saturated rings. The second-order valence-electron chi connectivity index (χ2n) is 10.4. The third-order valence-corrected chi connectivity index (χ3v) is 6.89. The Morgan fingerprint density at radius 2 is 1.82 bits per heavy atom. The molecule has 4 rings (SSSR count). The molecular weight excluding hydrogens is 530 g/mol. The zero-order valence-corrected chi connectivity index (χ0v) is 22.3. The molecule has 11 heteroatoms. The van der Waals surface area contributed by atoms with Gasteiger partial charge in [0.15, 0.2) is 5.60 Å². The van der Waals surface area contributed by atoms with E-state index >= 15 is 0 Å². The molecular formula is C29H29F4N3O4. The molecule has 1 heterocycles. The summed E-state index contributed by atoms with van der Waals surface area (Å²) in [6, 6.07) is 13.1. The van der Waals surface area contributed by atoms with Gasteiger partial charge < -0.3 is 20.3 Å². The Kier molecular flexibility index (Phi) is 7.55. The van der Waals surface area contributed by atoms with E-state index in [9.17, 15) is 32.6 Å². The lowest BCUT2D eigenvalue weighted by Gasteiger charge is -2.38. The van der Waals surface area contributed by atoms with Gasteiger partial charge in [0.2, 0.25) is 0 Å². The van der Waals surface area contributed by atoms with Crippen LogP contribution in [-0.4, -0.2) is 51.4 Å². The van der Waals surface area contributed by atoms with Crippen LogP contribution in [0.5, 0.6) is 5.75 Å². The first-order chi connectivity index (χ1) is 18.6. The molecule has 1 atom stereocenters. The normalized spacial score (nSPS) is 13.7. The number of halogens is 4. The monoisotopic (exact) mass is 559 g/mol. The minimum atomic E-state index is -5.03. The predicted molar refractivity (Wildman–Crippen MR) is 143 cm³/mol. The van der Waals surface area contributed by atoms with Crippen LogP contribution in [0.1, 0.15) is 41.8 Å². The number of nitrogens with zero attached hydrogens (tertiary/aromatic N) is 2. The van der Waals surface area contributed by atoms with Crippen LogP contribution in [-0.2, 0) is 5.41 Å². The van der Waals surface area contributed by atoms with Crippen LogP contribution < -0.4 is 10.1 Å². The van der Waals surface area contributed by atoms with E-state index in [0.717, 1.165) is 12.1 Å². The first kappa shape index (κ1) is 28.9. The number of aliphatic hydroxyl groups is 1. The van der Waals surface area contributed by atoms with Gasteiger partial charge in [0, 0.05) is 16.6 Å². The highest BCUT2D eigenvalue weighted by Crippen LogP contribution is 2.44. The van der Waals surface area contributed by atoms with Gasteiger partial charge in [-0.15, -0.1) is 0 Å². The summed E-state index contributed by atoms with van der Waals surface area (Å²) in [5.74, 6) is -1.53. The minimum Gasteiger partial charge on any atom is -0.496 e. The molecule has 0 bridgehead atoms. The second-order valence-corrected chi connectivity index (χ2v) is 10.4. The Balaban J connectivity index is 1.69. The molecule has 3 aromatic carbocycles. The average molecular weight is 560 g/mol. The fourth-order valence-corrected chi connectivity index (χ4v) is 4.93. The van der Waals surface area contributed by atoms with Crippen LogP contribution in [0.25, 0.3) is 16.6 Å². The van der Waals surface area contributed by atoms with E-state index in [4.69, 9.17) is 4.74 Å². The van der Waals surface area contributed by atoms with Gasteiger partial charge in [-0.1, -0.05) is 19.9 Å². The molecule has 0 spiro atoms. The van der Waals surface area contributed by atoms with E-state index in [1.165, 1.54) is 50.0 Å². The fourth-order valence-electron chi connectivity index (χ4n) is 4.93. The molecule has 1 aromatic heterocycles. The van der Waals surface area contributed by atoms with Crippen molar-refractivity contribution < 1.29 is 37.3 Å². The Morgan fingerprint density at radius 1 is 1.10 bits per heavy atom. The lowest BCUT2D eigenvalue weighted by atomic mass is 9.74. The van der Waals surface area contributed by atoms with E-state index in [1.807, 2.05) is 0 Å². The number of benzene rings is 3. The van der Waals surface area contributed by atoms with E-state index in [-0.39, 0.29) is 16.9 Å². The molecule has 0 amide bonds. The largest absolute Gasteiger partial charge is 0.496 e. The molecule has 0 saturated heterocycles. The number of alkyl halides is 3. The molecule has 0 aliphatic heterocycles. The smallest absolute Gasteiger partial charge is 0.418 e. The number of methoxy groups -OCH3 is 1. The van der Waals surface area contributed by atoms with Crippen LogP contribution in [0.15, 0.2) is 60.8 Å². The highest BCUT2D eigenvalue weighted by Gasteiger charge is 2.56. The van der Waals surface area contributed by atoms with Crippen molar-refractivity contribution in [1.29, 1.82) is 0 Å². The fraction of sp³-hybridized carbons (Fsp3) is 0.310. The third kappa shape index (κ3) is 5.60. The van der Waals surface area contributed by atoms with Crippen molar-refractivity contribution in [2.45, 2.75) is 44.4 Å². The standard InChI is InChI=1S/C29H29F4N3O4/c1-17-10-23(21-14-35-36(24(21)11-17)20-7-5-6-18(12-20)26(37)38)34-16-28(39,29(31,32)33)15-27(2,3)22-13-19(30)8-9-25(22)40-4/h5-14,34,39H,15-16H2,1-4H3,(H,37,38)/t28-/m1/s1. The minimum absolute atomic E-state index is 0.0555. The SMILES string of the molecule is COc1ccc(F)cc1C(C)(C)C[C@@](O)(CNc1cc(C)cc2c1cnn2-c1cccc(C(=O)O)c1)C(F)(F)F. The summed E-state index contributed by atoms with van der Waals surface area (Å²) < 4.78 is 63.9. The van der Waals surface area contributed by atoms with Gasteiger partial charge in [-0.25, -0.2) is 13.9 Å². The lowest BCUT2D eigenvalue weighted by Crippen LogP contribution is -2.53. The van der Waals surface area contributed by atoms with Crippen molar-refractivity contribution in [2.75, 3.05) is 19.0 Å². The number of ether oxygens (including phenoxy) is 1. The number of carboxylic acid groups (broad SMARTS) is 1. The van der Waals surface area contributed by atoms with Crippen LogP contribution >= 0.6 is 0 Å². The number of carboxylic acids is 1. The van der Waals surface area contributed by atoms with Crippen molar-refractivity contribution in [3.05, 3.63) is 83.3 Å². The second kappa shape index (κ2) is 10.5. The number of carbonyl (C=O) groups is 1. The van der Waals surface area contributed by atoms with Gasteiger partial charge in [-0.3, -0.25) is 0 Å². The summed E-state index contributed by atoms with van der Waals surface area (Å²) in [6.07, 6.45) is -4.35.